The number of aryl methyl sites for hydroxylation is 2. The van der Waals surface area contributed by atoms with Crippen LogP contribution < -0.4 is 10.2 Å². The van der Waals surface area contributed by atoms with Crippen LogP contribution in [0.2, 0.25) is 0 Å². The third-order valence-electron chi connectivity index (χ3n) is 3.54. The van der Waals surface area contributed by atoms with Crippen LogP contribution >= 0.6 is 0 Å². The lowest BCUT2D eigenvalue weighted by atomic mass is 10.2. The van der Waals surface area contributed by atoms with E-state index in [1.54, 1.807) is 0 Å². The Balaban J connectivity index is 1.87. The summed E-state index contributed by atoms with van der Waals surface area (Å²) in [5.74, 6) is 0. The summed E-state index contributed by atoms with van der Waals surface area (Å²) in [6.07, 6.45) is 0. The first-order valence-corrected chi connectivity index (χ1v) is 7.31. The van der Waals surface area contributed by atoms with Gasteiger partial charge in [0.1, 0.15) is 0 Å². The molecule has 0 aromatic heterocycles. The predicted octanol–water partition coefficient (Wildman–Crippen LogP) is 4.24. The standard InChI is InChI=1S/C18H24N2/c1-4-20(18-11-7-16(3)8-12-18)14-13-19-17-9-5-15(2)6-10-17/h5-12,19H,4,13-14H2,1-3H3. The second-order valence-electron chi connectivity index (χ2n) is 5.21. The van der Waals surface area contributed by atoms with Crippen LogP contribution in [0.3, 0.4) is 0 Å². The monoisotopic (exact) mass is 268 g/mol. The second kappa shape index (κ2) is 6.99. The molecule has 2 rings (SSSR count). The van der Waals surface area contributed by atoms with E-state index in [9.17, 15) is 0 Å². The second-order valence-corrected chi connectivity index (χ2v) is 5.21. The molecule has 0 aliphatic carbocycles. The topological polar surface area (TPSA) is 15.3 Å². The number of hydrogen-bond acceptors (Lipinski definition) is 2. The highest BCUT2D eigenvalue weighted by Crippen LogP contribution is 2.15. The van der Waals surface area contributed by atoms with Gasteiger partial charge in [-0.05, 0) is 45.0 Å². The molecule has 2 aromatic carbocycles. The number of benzene rings is 2. The minimum atomic E-state index is 0.949. The molecule has 0 aliphatic rings. The Morgan fingerprint density at radius 2 is 1.40 bits per heavy atom. The highest BCUT2D eigenvalue weighted by Gasteiger charge is 2.03. The summed E-state index contributed by atoms with van der Waals surface area (Å²) < 4.78 is 0. The van der Waals surface area contributed by atoms with Gasteiger partial charge in [0, 0.05) is 31.0 Å². The van der Waals surface area contributed by atoms with E-state index in [1.807, 2.05) is 0 Å². The molecule has 20 heavy (non-hydrogen) atoms. The zero-order chi connectivity index (χ0) is 14.4. The summed E-state index contributed by atoms with van der Waals surface area (Å²) in [5, 5.41) is 3.48. The van der Waals surface area contributed by atoms with Crippen molar-refractivity contribution in [1.82, 2.24) is 0 Å². The molecule has 0 radical (unpaired) electrons. The fourth-order valence-electron chi connectivity index (χ4n) is 2.23. The minimum absolute atomic E-state index is 0.949. The number of anilines is 2. The van der Waals surface area contributed by atoms with E-state index in [-0.39, 0.29) is 0 Å². The van der Waals surface area contributed by atoms with Gasteiger partial charge in [-0.25, -0.2) is 0 Å². The molecule has 1 N–H and O–H groups in total. The van der Waals surface area contributed by atoms with Crippen molar-refractivity contribution in [1.29, 1.82) is 0 Å². The molecule has 0 spiro atoms. The summed E-state index contributed by atoms with van der Waals surface area (Å²) >= 11 is 0. The molecular formula is C18H24N2. The smallest absolute Gasteiger partial charge is 0.0366 e. The Bertz CT molecular complexity index is 514. The first-order chi connectivity index (χ1) is 9.69. The van der Waals surface area contributed by atoms with E-state index >= 15 is 0 Å². The fraction of sp³-hybridized carbons (Fsp3) is 0.333. The maximum absolute atomic E-state index is 3.48. The van der Waals surface area contributed by atoms with E-state index in [0.717, 1.165) is 19.6 Å². The van der Waals surface area contributed by atoms with Crippen molar-refractivity contribution < 1.29 is 0 Å². The lowest BCUT2D eigenvalue weighted by Gasteiger charge is -2.23. The normalized spacial score (nSPS) is 10.3. The van der Waals surface area contributed by atoms with Crippen LogP contribution in [0.1, 0.15) is 18.1 Å². The van der Waals surface area contributed by atoms with Crippen LogP contribution in [0.4, 0.5) is 11.4 Å². The summed E-state index contributed by atoms with van der Waals surface area (Å²) in [6.45, 7) is 9.42. The first-order valence-electron chi connectivity index (χ1n) is 7.31. The third-order valence-corrected chi connectivity index (χ3v) is 3.54. The van der Waals surface area contributed by atoms with Crippen molar-refractivity contribution in [3.8, 4) is 0 Å². The van der Waals surface area contributed by atoms with E-state index < -0.39 is 0 Å². The zero-order valence-corrected chi connectivity index (χ0v) is 12.7. The predicted molar refractivity (Wildman–Crippen MR) is 88.7 cm³/mol. The Labute approximate surface area is 122 Å². The Morgan fingerprint density at radius 1 is 0.850 bits per heavy atom. The van der Waals surface area contributed by atoms with Gasteiger partial charge >= 0.3 is 0 Å². The molecule has 0 fully saturated rings. The van der Waals surface area contributed by atoms with Crippen molar-refractivity contribution in [3.63, 3.8) is 0 Å². The van der Waals surface area contributed by atoms with Crippen molar-refractivity contribution in [2.24, 2.45) is 0 Å². The van der Waals surface area contributed by atoms with E-state index in [4.69, 9.17) is 0 Å². The Hall–Kier alpha value is -1.96. The SMILES string of the molecule is CCN(CCNc1ccc(C)cc1)c1ccc(C)cc1. The average Bonchev–Trinajstić information content (AvgIpc) is 2.47. The lowest BCUT2D eigenvalue weighted by Crippen LogP contribution is -2.28. The molecule has 0 atom stereocenters. The van der Waals surface area contributed by atoms with Gasteiger partial charge in [0.15, 0.2) is 0 Å². The maximum atomic E-state index is 3.48. The largest absolute Gasteiger partial charge is 0.383 e. The molecule has 0 saturated carbocycles. The summed E-state index contributed by atoms with van der Waals surface area (Å²) in [6, 6.07) is 17.3. The number of nitrogens with zero attached hydrogens (tertiary/aromatic N) is 1. The van der Waals surface area contributed by atoms with E-state index in [2.05, 4.69) is 79.5 Å². The van der Waals surface area contributed by atoms with Gasteiger partial charge in [0.25, 0.3) is 0 Å². The molecule has 2 nitrogen and oxygen atoms in total. The van der Waals surface area contributed by atoms with Crippen molar-refractivity contribution >= 4 is 11.4 Å². The van der Waals surface area contributed by atoms with Gasteiger partial charge in [0.2, 0.25) is 0 Å². The van der Waals surface area contributed by atoms with Crippen molar-refractivity contribution in [2.45, 2.75) is 20.8 Å². The molecule has 0 aliphatic heterocycles. The van der Waals surface area contributed by atoms with Gasteiger partial charge in [-0.1, -0.05) is 35.4 Å². The van der Waals surface area contributed by atoms with Crippen LogP contribution in [0.15, 0.2) is 48.5 Å². The molecule has 0 amide bonds. The van der Waals surface area contributed by atoms with Gasteiger partial charge in [-0.15, -0.1) is 0 Å². The molecular weight excluding hydrogens is 244 g/mol. The molecule has 106 valence electrons. The van der Waals surface area contributed by atoms with Crippen LogP contribution in [-0.2, 0) is 0 Å². The summed E-state index contributed by atoms with van der Waals surface area (Å²) in [5.41, 5.74) is 5.09. The Kier molecular flexibility index (Phi) is 5.05. The highest BCUT2D eigenvalue weighted by atomic mass is 15.1. The van der Waals surface area contributed by atoms with Crippen LogP contribution in [-0.4, -0.2) is 19.6 Å². The number of nitrogens with one attached hydrogen (secondary N) is 1. The highest BCUT2D eigenvalue weighted by molar-refractivity contribution is 5.48. The summed E-state index contributed by atoms with van der Waals surface area (Å²) in [4.78, 5) is 2.39. The third kappa shape index (κ3) is 4.02. The van der Waals surface area contributed by atoms with Crippen LogP contribution in [0.25, 0.3) is 0 Å². The maximum Gasteiger partial charge on any atom is 0.0366 e. The Morgan fingerprint density at radius 3 is 1.95 bits per heavy atom. The van der Waals surface area contributed by atoms with Crippen LogP contribution in [0.5, 0.6) is 0 Å². The van der Waals surface area contributed by atoms with Crippen molar-refractivity contribution in [2.75, 3.05) is 29.9 Å². The van der Waals surface area contributed by atoms with Gasteiger partial charge < -0.3 is 10.2 Å². The molecule has 2 heteroatoms. The van der Waals surface area contributed by atoms with E-state index in [0.29, 0.717) is 0 Å². The van der Waals surface area contributed by atoms with Crippen molar-refractivity contribution in [3.05, 3.63) is 59.7 Å². The minimum Gasteiger partial charge on any atom is -0.383 e. The zero-order valence-electron chi connectivity index (χ0n) is 12.7. The molecule has 0 heterocycles. The van der Waals surface area contributed by atoms with Gasteiger partial charge in [-0.3, -0.25) is 0 Å². The van der Waals surface area contributed by atoms with Gasteiger partial charge in [-0.2, -0.15) is 0 Å². The number of rotatable bonds is 6. The molecule has 0 bridgehead atoms. The lowest BCUT2D eigenvalue weighted by molar-refractivity contribution is 0.835. The number of likely N-dealkylation sites (N-methyl/N-ethyl adjacent to an activating group) is 1. The first kappa shape index (κ1) is 14.4. The molecule has 0 unspecified atom stereocenters. The number of hydrogen-bond donors (Lipinski definition) is 1. The van der Waals surface area contributed by atoms with Crippen LogP contribution in [0, 0.1) is 13.8 Å². The molecule has 0 saturated heterocycles. The quantitative estimate of drug-likeness (QED) is 0.843. The molecule has 2 aromatic rings. The van der Waals surface area contributed by atoms with E-state index in [1.165, 1.54) is 22.5 Å². The summed E-state index contributed by atoms with van der Waals surface area (Å²) in [7, 11) is 0. The average molecular weight is 268 g/mol. The van der Waals surface area contributed by atoms with Gasteiger partial charge in [0.05, 0.1) is 0 Å². The fourth-order valence-corrected chi connectivity index (χ4v) is 2.23.